The summed E-state index contributed by atoms with van der Waals surface area (Å²) in [6.45, 7) is 5.73. The summed E-state index contributed by atoms with van der Waals surface area (Å²) in [5.74, 6) is 1.19. The highest BCUT2D eigenvalue weighted by Crippen LogP contribution is 2.27. The fourth-order valence-electron chi connectivity index (χ4n) is 3.86. The highest BCUT2D eigenvalue weighted by atomic mass is 16.2. The number of piperazine rings is 1. The normalized spacial score (nSPS) is 20.8. The van der Waals surface area contributed by atoms with Gasteiger partial charge in [-0.15, -0.1) is 0 Å². The van der Waals surface area contributed by atoms with Gasteiger partial charge in [0.1, 0.15) is 0 Å². The van der Waals surface area contributed by atoms with Gasteiger partial charge >= 0.3 is 0 Å². The second-order valence-electron chi connectivity index (χ2n) is 7.03. The molecule has 0 atom stereocenters. The SMILES string of the molecule is O=C(CCC1CCCCC1)N1CCN(CCn2cccn2)CC1. The lowest BCUT2D eigenvalue weighted by atomic mass is 9.86. The van der Waals surface area contributed by atoms with Crippen LogP contribution in [0.1, 0.15) is 44.9 Å². The van der Waals surface area contributed by atoms with Gasteiger partial charge in [-0.05, 0) is 18.4 Å². The molecule has 1 aliphatic heterocycles. The van der Waals surface area contributed by atoms with Crippen molar-refractivity contribution < 1.29 is 4.79 Å². The third kappa shape index (κ3) is 5.06. The lowest BCUT2D eigenvalue weighted by Crippen LogP contribution is -2.49. The molecule has 1 aromatic rings. The van der Waals surface area contributed by atoms with Crippen LogP contribution in [0.4, 0.5) is 0 Å². The Hall–Kier alpha value is -1.36. The summed E-state index contributed by atoms with van der Waals surface area (Å²) < 4.78 is 1.97. The minimum atomic E-state index is 0.377. The van der Waals surface area contributed by atoms with E-state index in [1.165, 1.54) is 32.1 Å². The van der Waals surface area contributed by atoms with Crippen molar-refractivity contribution >= 4 is 5.91 Å². The van der Waals surface area contributed by atoms with Crippen LogP contribution in [0, 0.1) is 5.92 Å². The molecule has 2 heterocycles. The maximum atomic E-state index is 12.4. The van der Waals surface area contributed by atoms with E-state index in [4.69, 9.17) is 0 Å². The summed E-state index contributed by atoms with van der Waals surface area (Å²) in [6.07, 6.45) is 12.5. The molecular weight excluding hydrogens is 288 g/mol. The van der Waals surface area contributed by atoms with E-state index in [1.807, 2.05) is 23.1 Å². The summed E-state index contributed by atoms with van der Waals surface area (Å²) in [4.78, 5) is 16.9. The number of rotatable bonds is 6. The molecule has 0 aromatic carbocycles. The van der Waals surface area contributed by atoms with Crippen molar-refractivity contribution in [2.24, 2.45) is 5.92 Å². The van der Waals surface area contributed by atoms with E-state index < -0.39 is 0 Å². The van der Waals surface area contributed by atoms with Gasteiger partial charge in [0.25, 0.3) is 0 Å². The first-order valence-corrected chi connectivity index (χ1v) is 9.29. The Morgan fingerprint density at radius 1 is 1.04 bits per heavy atom. The average molecular weight is 318 g/mol. The maximum Gasteiger partial charge on any atom is 0.222 e. The highest BCUT2D eigenvalue weighted by Gasteiger charge is 2.22. The molecule has 1 amide bonds. The molecule has 0 bridgehead atoms. The molecule has 23 heavy (non-hydrogen) atoms. The van der Waals surface area contributed by atoms with E-state index in [0.29, 0.717) is 5.91 Å². The number of amides is 1. The Labute approximate surface area is 139 Å². The first-order valence-electron chi connectivity index (χ1n) is 9.29. The van der Waals surface area contributed by atoms with Crippen molar-refractivity contribution in [1.29, 1.82) is 0 Å². The van der Waals surface area contributed by atoms with Crippen LogP contribution in [0.3, 0.4) is 0 Å². The average Bonchev–Trinajstić information content (AvgIpc) is 3.13. The van der Waals surface area contributed by atoms with Crippen molar-refractivity contribution in [3.05, 3.63) is 18.5 Å². The van der Waals surface area contributed by atoms with Gasteiger partial charge in [-0.2, -0.15) is 5.10 Å². The van der Waals surface area contributed by atoms with Crippen molar-refractivity contribution in [3.8, 4) is 0 Å². The molecule has 5 heteroatoms. The zero-order chi connectivity index (χ0) is 15.9. The van der Waals surface area contributed by atoms with Crippen LogP contribution in [0.5, 0.6) is 0 Å². The van der Waals surface area contributed by atoms with Crippen LogP contribution in [0.2, 0.25) is 0 Å². The Bertz CT molecular complexity index is 459. The van der Waals surface area contributed by atoms with Crippen LogP contribution in [-0.2, 0) is 11.3 Å². The largest absolute Gasteiger partial charge is 0.340 e. The zero-order valence-corrected chi connectivity index (χ0v) is 14.2. The lowest BCUT2D eigenvalue weighted by Gasteiger charge is -2.35. The molecule has 3 rings (SSSR count). The van der Waals surface area contributed by atoms with Crippen molar-refractivity contribution in [1.82, 2.24) is 19.6 Å². The molecule has 0 radical (unpaired) electrons. The van der Waals surface area contributed by atoms with Gasteiger partial charge < -0.3 is 4.90 Å². The van der Waals surface area contributed by atoms with Gasteiger partial charge in [0, 0.05) is 51.5 Å². The first-order chi connectivity index (χ1) is 11.3. The third-order valence-electron chi connectivity index (χ3n) is 5.42. The Morgan fingerprint density at radius 3 is 2.52 bits per heavy atom. The molecule has 0 unspecified atom stereocenters. The van der Waals surface area contributed by atoms with E-state index in [2.05, 4.69) is 14.9 Å². The standard InChI is InChI=1S/C18H30N4O/c23-18(8-7-17-5-2-1-3-6-17)21-14-11-20(12-15-21)13-16-22-10-4-9-19-22/h4,9-10,17H,1-3,5-8,11-16H2. The molecule has 0 N–H and O–H groups in total. The maximum absolute atomic E-state index is 12.4. The first kappa shape index (κ1) is 16.5. The van der Waals surface area contributed by atoms with Gasteiger partial charge in [0.05, 0.1) is 6.54 Å². The van der Waals surface area contributed by atoms with Gasteiger partial charge in [-0.1, -0.05) is 32.1 Å². The minimum Gasteiger partial charge on any atom is -0.340 e. The van der Waals surface area contributed by atoms with Gasteiger partial charge in [0.2, 0.25) is 5.91 Å². The Morgan fingerprint density at radius 2 is 1.83 bits per heavy atom. The van der Waals surface area contributed by atoms with Crippen molar-refractivity contribution in [2.75, 3.05) is 32.7 Å². The van der Waals surface area contributed by atoms with Crippen molar-refractivity contribution in [2.45, 2.75) is 51.5 Å². The summed E-state index contributed by atoms with van der Waals surface area (Å²) in [5, 5.41) is 4.24. The fourth-order valence-corrected chi connectivity index (χ4v) is 3.86. The van der Waals surface area contributed by atoms with Crippen LogP contribution in [-0.4, -0.2) is 58.2 Å². The molecular formula is C18H30N4O. The van der Waals surface area contributed by atoms with Crippen molar-refractivity contribution in [3.63, 3.8) is 0 Å². The zero-order valence-electron chi connectivity index (χ0n) is 14.2. The molecule has 1 saturated carbocycles. The summed E-state index contributed by atoms with van der Waals surface area (Å²) in [7, 11) is 0. The predicted molar refractivity (Wildman–Crippen MR) is 91.1 cm³/mol. The number of carbonyl (C=O) groups excluding carboxylic acids is 1. The smallest absolute Gasteiger partial charge is 0.222 e. The van der Waals surface area contributed by atoms with E-state index in [0.717, 1.165) is 58.0 Å². The third-order valence-corrected chi connectivity index (χ3v) is 5.42. The predicted octanol–water partition coefficient (Wildman–Crippen LogP) is 2.39. The minimum absolute atomic E-state index is 0.377. The van der Waals surface area contributed by atoms with Gasteiger partial charge in [-0.25, -0.2) is 0 Å². The summed E-state index contributed by atoms with van der Waals surface area (Å²) in [5.41, 5.74) is 0. The Balaban J connectivity index is 1.32. The van der Waals surface area contributed by atoms with Crippen LogP contribution in [0.25, 0.3) is 0 Å². The molecule has 2 fully saturated rings. The number of aromatic nitrogens is 2. The molecule has 2 aliphatic rings. The molecule has 5 nitrogen and oxygen atoms in total. The van der Waals surface area contributed by atoms with E-state index in [1.54, 1.807) is 0 Å². The Kier molecular flexibility index (Phi) is 6.08. The van der Waals surface area contributed by atoms with Crippen LogP contribution >= 0.6 is 0 Å². The monoisotopic (exact) mass is 318 g/mol. The topological polar surface area (TPSA) is 41.4 Å². The second-order valence-corrected chi connectivity index (χ2v) is 7.03. The molecule has 1 aliphatic carbocycles. The number of nitrogens with zero attached hydrogens (tertiary/aromatic N) is 4. The van der Waals surface area contributed by atoms with Gasteiger partial charge in [-0.3, -0.25) is 14.4 Å². The number of hydrogen-bond donors (Lipinski definition) is 0. The van der Waals surface area contributed by atoms with Gasteiger partial charge in [0.15, 0.2) is 0 Å². The van der Waals surface area contributed by atoms with E-state index >= 15 is 0 Å². The fraction of sp³-hybridized carbons (Fsp3) is 0.778. The summed E-state index contributed by atoms with van der Waals surface area (Å²) in [6, 6.07) is 1.96. The van der Waals surface area contributed by atoms with E-state index in [-0.39, 0.29) is 0 Å². The van der Waals surface area contributed by atoms with E-state index in [9.17, 15) is 4.79 Å². The highest BCUT2D eigenvalue weighted by molar-refractivity contribution is 5.76. The number of hydrogen-bond acceptors (Lipinski definition) is 3. The van der Waals surface area contributed by atoms with Crippen LogP contribution in [0.15, 0.2) is 18.5 Å². The quantitative estimate of drug-likeness (QED) is 0.809. The lowest BCUT2D eigenvalue weighted by molar-refractivity contribution is -0.133. The molecule has 1 aromatic heterocycles. The number of carbonyl (C=O) groups is 1. The second kappa shape index (κ2) is 8.48. The summed E-state index contributed by atoms with van der Waals surface area (Å²) >= 11 is 0. The molecule has 128 valence electrons. The molecule has 1 saturated heterocycles. The van der Waals surface area contributed by atoms with Crippen LogP contribution < -0.4 is 0 Å². The molecule has 0 spiro atoms.